The molecule has 58 valence electrons. The standard InChI is InChI=1S/C6H13N3S/c1-5(2)3-4-10-6(7)9-8/h1,3-4,8H2,2H3,(H2,7,9). The van der Waals surface area contributed by atoms with E-state index in [1.807, 2.05) is 6.92 Å². The third-order valence-corrected chi connectivity index (χ3v) is 1.72. The van der Waals surface area contributed by atoms with Crippen LogP contribution in [0.15, 0.2) is 17.3 Å². The van der Waals surface area contributed by atoms with Crippen LogP contribution in [0.5, 0.6) is 0 Å². The van der Waals surface area contributed by atoms with E-state index in [0.29, 0.717) is 5.17 Å². The van der Waals surface area contributed by atoms with Crippen molar-refractivity contribution >= 4 is 16.9 Å². The second kappa shape index (κ2) is 5.17. The molecule has 0 aliphatic heterocycles. The molecule has 0 spiro atoms. The van der Waals surface area contributed by atoms with Crippen LogP contribution in [-0.2, 0) is 0 Å². The highest BCUT2D eigenvalue weighted by Gasteiger charge is 1.92. The van der Waals surface area contributed by atoms with Crippen molar-refractivity contribution in [2.75, 3.05) is 5.75 Å². The van der Waals surface area contributed by atoms with Crippen molar-refractivity contribution in [3.8, 4) is 0 Å². The predicted octanol–water partition coefficient (Wildman–Crippen LogP) is 0.874. The molecule has 10 heavy (non-hydrogen) atoms. The minimum absolute atomic E-state index is 0.432. The van der Waals surface area contributed by atoms with Gasteiger partial charge in [-0.1, -0.05) is 17.3 Å². The van der Waals surface area contributed by atoms with Gasteiger partial charge in [-0.25, -0.2) is 0 Å². The number of nitrogens with two attached hydrogens (primary N) is 2. The Bertz CT molecular complexity index is 142. The molecule has 0 atom stereocenters. The highest BCUT2D eigenvalue weighted by Crippen LogP contribution is 2.05. The number of nitrogens with zero attached hydrogens (tertiary/aromatic N) is 1. The van der Waals surface area contributed by atoms with Gasteiger partial charge in [0.2, 0.25) is 0 Å². The summed E-state index contributed by atoms with van der Waals surface area (Å²) in [7, 11) is 0. The first kappa shape index (κ1) is 9.36. The molecule has 4 heteroatoms. The van der Waals surface area contributed by atoms with Crippen molar-refractivity contribution in [1.29, 1.82) is 0 Å². The Morgan fingerprint density at radius 3 is 2.70 bits per heavy atom. The van der Waals surface area contributed by atoms with E-state index in [4.69, 9.17) is 11.6 Å². The highest BCUT2D eigenvalue weighted by molar-refractivity contribution is 8.13. The number of amidine groups is 1. The maximum Gasteiger partial charge on any atom is 0.177 e. The summed E-state index contributed by atoms with van der Waals surface area (Å²) >= 11 is 1.45. The van der Waals surface area contributed by atoms with E-state index in [1.54, 1.807) is 0 Å². The lowest BCUT2D eigenvalue weighted by atomic mass is 10.3. The molecule has 0 heterocycles. The van der Waals surface area contributed by atoms with Crippen molar-refractivity contribution in [2.45, 2.75) is 13.3 Å². The molecule has 0 radical (unpaired) electrons. The third-order valence-electron chi connectivity index (χ3n) is 0.906. The van der Waals surface area contributed by atoms with Crippen molar-refractivity contribution < 1.29 is 0 Å². The zero-order valence-electron chi connectivity index (χ0n) is 6.13. The highest BCUT2D eigenvalue weighted by atomic mass is 32.2. The lowest BCUT2D eigenvalue weighted by Gasteiger charge is -1.97. The third kappa shape index (κ3) is 5.50. The summed E-state index contributed by atoms with van der Waals surface area (Å²) in [6.45, 7) is 5.74. The molecular formula is C6H13N3S. The Morgan fingerprint density at radius 2 is 2.30 bits per heavy atom. The fraction of sp³-hybridized carbons (Fsp3) is 0.500. The van der Waals surface area contributed by atoms with Gasteiger partial charge in [0.05, 0.1) is 0 Å². The molecular weight excluding hydrogens is 146 g/mol. The van der Waals surface area contributed by atoms with E-state index in [1.165, 1.54) is 11.8 Å². The number of rotatable bonds is 3. The van der Waals surface area contributed by atoms with Crippen molar-refractivity contribution in [1.82, 2.24) is 0 Å². The summed E-state index contributed by atoms with van der Waals surface area (Å²) in [5.74, 6) is 5.81. The molecule has 0 aromatic heterocycles. The van der Waals surface area contributed by atoms with E-state index >= 15 is 0 Å². The first-order chi connectivity index (χ1) is 4.66. The Balaban J connectivity index is 3.29. The summed E-state index contributed by atoms with van der Waals surface area (Å²) in [5, 5.41) is 3.74. The fourth-order valence-corrected chi connectivity index (χ4v) is 1.10. The SMILES string of the molecule is C=C(C)CCSC(N)=NN. The summed E-state index contributed by atoms with van der Waals surface area (Å²) in [5.41, 5.74) is 6.47. The normalized spacial score (nSPS) is 11.5. The summed E-state index contributed by atoms with van der Waals surface area (Å²) in [6, 6.07) is 0. The van der Waals surface area contributed by atoms with Gasteiger partial charge in [0, 0.05) is 5.75 Å². The zero-order valence-corrected chi connectivity index (χ0v) is 6.95. The number of hydrogen-bond donors (Lipinski definition) is 2. The van der Waals surface area contributed by atoms with Gasteiger partial charge in [-0.3, -0.25) is 0 Å². The van der Waals surface area contributed by atoms with Crippen LogP contribution in [0.1, 0.15) is 13.3 Å². The summed E-state index contributed by atoms with van der Waals surface area (Å²) in [6.07, 6.45) is 0.959. The molecule has 3 nitrogen and oxygen atoms in total. The molecule has 0 amide bonds. The van der Waals surface area contributed by atoms with E-state index in [9.17, 15) is 0 Å². The number of thioether (sulfide) groups is 1. The largest absolute Gasteiger partial charge is 0.377 e. The van der Waals surface area contributed by atoms with Gasteiger partial charge in [-0.15, -0.1) is 6.58 Å². The maximum absolute atomic E-state index is 5.32. The Morgan fingerprint density at radius 1 is 1.70 bits per heavy atom. The molecule has 0 aliphatic rings. The first-order valence-electron chi connectivity index (χ1n) is 2.97. The topological polar surface area (TPSA) is 64.4 Å². The molecule has 0 aliphatic carbocycles. The van der Waals surface area contributed by atoms with Gasteiger partial charge in [0.15, 0.2) is 5.17 Å². The van der Waals surface area contributed by atoms with E-state index < -0.39 is 0 Å². The minimum atomic E-state index is 0.432. The van der Waals surface area contributed by atoms with Gasteiger partial charge in [-0.2, -0.15) is 5.10 Å². The fourth-order valence-electron chi connectivity index (χ4n) is 0.367. The van der Waals surface area contributed by atoms with E-state index in [-0.39, 0.29) is 0 Å². The first-order valence-corrected chi connectivity index (χ1v) is 3.96. The molecule has 0 aromatic rings. The van der Waals surface area contributed by atoms with Crippen LogP contribution in [0, 0.1) is 0 Å². The average Bonchev–Trinajstić information content (AvgIpc) is 1.87. The summed E-state index contributed by atoms with van der Waals surface area (Å²) < 4.78 is 0. The van der Waals surface area contributed by atoms with Gasteiger partial charge < -0.3 is 11.6 Å². The Hall–Kier alpha value is -0.640. The van der Waals surface area contributed by atoms with Crippen molar-refractivity contribution in [3.63, 3.8) is 0 Å². The quantitative estimate of drug-likeness (QED) is 0.211. The molecule has 4 N–H and O–H groups in total. The lowest BCUT2D eigenvalue weighted by molar-refractivity contribution is 1.13. The lowest BCUT2D eigenvalue weighted by Crippen LogP contribution is -2.09. The van der Waals surface area contributed by atoms with Gasteiger partial charge >= 0.3 is 0 Å². The number of allylic oxidation sites excluding steroid dienone is 1. The smallest absolute Gasteiger partial charge is 0.177 e. The van der Waals surface area contributed by atoms with Crippen molar-refractivity contribution in [2.24, 2.45) is 16.7 Å². The van der Waals surface area contributed by atoms with Crippen LogP contribution in [0.3, 0.4) is 0 Å². The molecule has 0 unspecified atom stereocenters. The minimum Gasteiger partial charge on any atom is -0.377 e. The van der Waals surface area contributed by atoms with E-state index in [0.717, 1.165) is 17.7 Å². The average molecular weight is 159 g/mol. The predicted molar refractivity (Wildman–Crippen MR) is 47.7 cm³/mol. The van der Waals surface area contributed by atoms with Crippen LogP contribution in [0.4, 0.5) is 0 Å². The van der Waals surface area contributed by atoms with Gasteiger partial charge in [0.1, 0.15) is 0 Å². The second-order valence-corrected chi connectivity index (χ2v) is 3.14. The Labute approximate surface area is 65.5 Å². The molecule has 0 saturated carbocycles. The molecule has 0 bridgehead atoms. The van der Waals surface area contributed by atoms with Gasteiger partial charge in [0.25, 0.3) is 0 Å². The number of hydrazone groups is 1. The monoisotopic (exact) mass is 159 g/mol. The van der Waals surface area contributed by atoms with Gasteiger partial charge in [-0.05, 0) is 13.3 Å². The molecule has 0 rings (SSSR count). The van der Waals surface area contributed by atoms with Crippen LogP contribution in [-0.4, -0.2) is 10.9 Å². The molecule has 0 aromatic carbocycles. The van der Waals surface area contributed by atoms with Crippen LogP contribution in [0.2, 0.25) is 0 Å². The van der Waals surface area contributed by atoms with Crippen LogP contribution < -0.4 is 11.6 Å². The van der Waals surface area contributed by atoms with E-state index in [2.05, 4.69) is 11.7 Å². The second-order valence-electron chi connectivity index (χ2n) is 2.02. The zero-order chi connectivity index (χ0) is 7.98. The molecule has 0 saturated heterocycles. The summed E-state index contributed by atoms with van der Waals surface area (Å²) in [4.78, 5) is 0. The van der Waals surface area contributed by atoms with Crippen molar-refractivity contribution in [3.05, 3.63) is 12.2 Å². The number of hydrogen-bond acceptors (Lipinski definition) is 3. The van der Waals surface area contributed by atoms with Crippen LogP contribution >= 0.6 is 11.8 Å². The Kier molecular flexibility index (Phi) is 4.84. The van der Waals surface area contributed by atoms with Crippen LogP contribution in [0.25, 0.3) is 0 Å². The molecule has 0 fully saturated rings. The maximum atomic E-state index is 5.32.